The van der Waals surface area contributed by atoms with Crippen molar-refractivity contribution in [3.63, 3.8) is 0 Å². The maximum absolute atomic E-state index is 7.69. The fraction of sp³-hybridized carbons (Fsp3) is 0.409. The van der Waals surface area contributed by atoms with E-state index in [1.807, 2.05) is 19.1 Å². The molecule has 0 bridgehead atoms. The Labute approximate surface area is 169 Å². The molecule has 5 rings (SSSR count). The Bertz CT molecular complexity index is 1140. The summed E-state index contributed by atoms with van der Waals surface area (Å²) in [4.78, 5) is 18.5. The number of aliphatic imine (C=N–C) groups is 1. The van der Waals surface area contributed by atoms with Crippen LogP contribution in [0.3, 0.4) is 0 Å². The SMILES string of the molecule is CC(=N)/N=C(\Nc1cc([C@H]2C[C@@H]2c2nc3ccccc3n2C)nc(C)n1)C1CC1. The van der Waals surface area contributed by atoms with Crippen molar-refractivity contribution in [2.45, 2.75) is 44.9 Å². The van der Waals surface area contributed by atoms with Crippen molar-refractivity contribution in [2.24, 2.45) is 18.0 Å². The average Bonchev–Trinajstić information content (AvgIpc) is 3.59. The van der Waals surface area contributed by atoms with Gasteiger partial charge in [-0.15, -0.1) is 0 Å². The van der Waals surface area contributed by atoms with Gasteiger partial charge in [-0.25, -0.2) is 19.9 Å². The first-order valence-corrected chi connectivity index (χ1v) is 10.2. The van der Waals surface area contributed by atoms with Gasteiger partial charge in [0.2, 0.25) is 0 Å². The van der Waals surface area contributed by atoms with E-state index in [1.54, 1.807) is 6.92 Å². The molecule has 2 atom stereocenters. The third-order valence-electron chi connectivity index (χ3n) is 5.69. The molecule has 7 heteroatoms. The highest BCUT2D eigenvalue weighted by molar-refractivity contribution is 6.04. The summed E-state index contributed by atoms with van der Waals surface area (Å²) in [5.74, 6) is 4.98. The molecule has 2 aliphatic carbocycles. The maximum atomic E-state index is 7.69. The molecule has 0 spiro atoms. The molecule has 2 fully saturated rings. The van der Waals surface area contributed by atoms with Gasteiger partial charge in [-0.1, -0.05) is 12.1 Å². The number of para-hydroxylation sites is 2. The van der Waals surface area contributed by atoms with E-state index in [2.05, 4.69) is 45.1 Å². The van der Waals surface area contributed by atoms with E-state index in [-0.39, 0.29) is 0 Å². The van der Waals surface area contributed by atoms with Gasteiger partial charge in [-0.2, -0.15) is 0 Å². The lowest BCUT2D eigenvalue weighted by Gasteiger charge is -2.10. The minimum atomic E-state index is 0.314. The fourth-order valence-corrected chi connectivity index (χ4v) is 4.04. The number of fused-ring (bicyclic) bond motifs is 1. The van der Waals surface area contributed by atoms with Crippen LogP contribution in [-0.4, -0.2) is 31.2 Å². The van der Waals surface area contributed by atoms with E-state index < -0.39 is 0 Å². The molecule has 0 saturated heterocycles. The zero-order chi connectivity index (χ0) is 20.1. The Balaban J connectivity index is 1.41. The molecule has 7 nitrogen and oxygen atoms in total. The number of nitrogens with one attached hydrogen (secondary N) is 2. The first kappa shape index (κ1) is 18.0. The Kier molecular flexibility index (Phi) is 4.19. The van der Waals surface area contributed by atoms with Crippen LogP contribution in [0.25, 0.3) is 11.0 Å². The summed E-state index contributed by atoms with van der Waals surface area (Å²) in [6, 6.07) is 10.3. The fourth-order valence-electron chi connectivity index (χ4n) is 4.04. The molecule has 0 unspecified atom stereocenters. The number of anilines is 1. The summed E-state index contributed by atoms with van der Waals surface area (Å²) in [5, 5.41) is 11.1. The number of nitrogens with zero attached hydrogens (tertiary/aromatic N) is 5. The Morgan fingerprint density at radius 3 is 2.69 bits per heavy atom. The van der Waals surface area contributed by atoms with Crippen LogP contribution in [0.4, 0.5) is 5.82 Å². The van der Waals surface area contributed by atoms with Gasteiger partial charge in [0.05, 0.1) is 16.7 Å². The molecule has 0 radical (unpaired) electrons. The van der Waals surface area contributed by atoms with Gasteiger partial charge in [0.15, 0.2) is 0 Å². The van der Waals surface area contributed by atoms with Crippen molar-refractivity contribution < 1.29 is 0 Å². The van der Waals surface area contributed by atoms with Gasteiger partial charge in [0.25, 0.3) is 0 Å². The highest BCUT2D eigenvalue weighted by atomic mass is 15.1. The van der Waals surface area contributed by atoms with Crippen LogP contribution >= 0.6 is 0 Å². The molecule has 0 aliphatic heterocycles. The van der Waals surface area contributed by atoms with E-state index >= 15 is 0 Å². The molecule has 148 valence electrons. The predicted molar refractivity (Wildman–Crippen MR) is 115 cm³/mol. The summed E-state index contributed by atoms with van der Waals surface area (Å²) in [6.07, 6.45) is 3.29. The summed E-state index contributed by atoms with van der Waals surface area (Å²) in [6.45, 7) is 3.63. The standard InChI is InChI=1S/C22H25N7/c1-12(23)24-21(14-8-9-14)28-20-11-18(25-13(2)26-20)15-10-16(15)22-27-17-6-4-5-7-19(17)29(22)3/h4-7,11,14-16H,8-10H2,1-3H3,(H2,23,24,25,26,28)/t15-,16-/m0/s1. The summed E-state index contributed by atoms with van der Waals surface area (Å²) >= 11 is 0. The number of hydrogen-bond donors (Lipinski definition) is 2. The lowest BCUT2D eigenvalue weighted by molar-refractivity contribution is 0.795. The van der Waals surface area contributed by atoms with Gasteiger partial charge in [0.1, 0.15) is 29.1 Å². The topological polar surface area (TPSA) is 91.8 Å². The van der Waals surface area contributed by atoms with Crippen LogP contribution in [0.1, 0.15) is 55.4 Å². The lowest BCUT2D eigenvalue weighted by atomic mass is 10.2. The number of hydrogen-bond acceptors (Lipinski definition) is 4. The van der Waals surface area contributed by atoms with E-state index in [1.165, 1.54) is 5.52 Å². The van der Waals surface area contributed by atoms with E-state index in [0.29, 0.717) is 23.6 Å². The van der Waals surface area contributed by atoms with Gasteiger partial charge in [-0.3, -0.25) is 5.41 Å². The van der Waals surface area contributed by atoms with Crippen LogP contribution in [0.15, 0.2) is 35.3 Å². The zero-order valence-corrected chi connectivity index (χ0v) is 17.0. The molecule has 2 saturated carbocycles. The second-order valence-corrected chi connectivity index (χ2v) is 8.17. The monoisotopic (exact) mass is 387 g/mol. The van der Waals surface area contributed by atoms with Gasteiger partial charge in [0, 0.05) is 30.9 Å². The minimum Gasteiger partial charge on any atom is -0.331 e. The first-order chi connectivity index (χ1) is 14.0. The minimum absolute atomic E-state index is 0.314. The second-order valence-electron chi connectivity index (χ2n) is 8.17. The lowest BCUT2D eigenvalue weighted by Crippen LogP contribution is -2.17. The van der Waals surface area contributed by atoms with Gasteiger partial charge < -0.3 is 9.88 Å². The van der Waals surface area contributed by atoms with Crippen molar-refractivity contribution in [2.75, 3.05) is 5.32 Å². The molecule has 2 N–H and O–H groups in total. The first-order valence-electron chi connectivity index (χ1n) is 10.2. The third kappa shape index (κ3) is 3.52. The van der Waals surface area contributed by atoms with Gasteiger partial charge >= 0.3 is 0 Å². The molecule has 2 aliphatic rings. The third-order valence-corrected chi connectivity index (χ3v) is 5.69. The van der Waals surface area contributed by atoms with Crippen molar-refractivity contribution in [3.05, 3.63) is 47.7 Å². The van der Waals surface area contributed by atoms with Crippen LogP contribution in [0.5, 0.6) is 0 Å². The molecule has 2 aromatic heterocycles. The van der Waals surface area contributed by atoms with Crippen LogP contribution < -0.4 is 5.32 Å². The molecule has 29 heavy (non-hydrogen) atoms. The highest BCUT2D eigenvalue weighted by Gasteiger charge is 2.44. The van der Waals surface area contributed by atoms with E-state index in [9.17, 15) is 0 Å². The second kappa shape index (κ2) is 6.76. The number of aryl methyl sites for hydroxylation is 2. The van der Waals surface area contributed by atoms with Gasteiger partial charge in [-0.05, 0) is 45.2 Å². The van der Waals surface area contributed by atoms with Crippen molar-refractivity contribution >= 4 is 28.5 Å². The zero-order valence-electron chi connectivity index (χ0n) is 17.0. The van der Waals surface area contributed by atoms with E-state index in [4.69, 9.17) is 15.4 Å². The van der Waals surface area contributed by atoms with Crippen molar-refractivity contribution in [1.29, 1.82) is 5.41 Å². The van der Waals surface area contributed by atoms with Crippen LogP contribution in [0.2, 0.25) is 0 Å². The quantitative estimate of drug-likeness (QED) is 0.519. The normalized spacial score (nSPS) is 21.4. The summed E-state index contributed by atoms with van der Waals surface area (Å²) in [5.41, 5.74) is 3.27. The Morgan fingerprint density at radius 2 is 1.97 bits per heavy atom. The summed E-state index contributed by atoms with van der Waals surface area (Å²) in [7, 11) is 2.09. The largest absolute Gasteiger partial charge is 0.331 e. The Morgan fingerprint density at radius 1 is 1.17 bits per heavy atom. The highest BCUT2D eigenvalue weighted by Crippen LogP contribution is 2.54. The van der Waals surface area contributed by atoms with Crippen LogP contribution in [0, 0.1) is 18.3 Å². The molecular weight excluding hydrogens is 362 g/mol. The molecule has 0 amide bonds. The number of amidine groups is 2. The molecule has 1 aromatic carbocycles. The smallest absolute Gasteiger partial charge is 0.135 e. The van der Waals surface area contributed by atoms with E-state index in [0.717, 1.165) is 53.8 Å². The molecule has 2 heterocycles. The Hall–Kier alpha value is -3.09. The maximum Gasteiger partial charge on any atom is 0.135 e. The van der Waals surface area contributed by atoms with Crippen molar-refractivity contribution in [3.8, 4) is 0 Å². The van der Waals surface area contributed by atoms with Crippen molar-refractivity contribution in [1.82, 2.24) is 19.5 Å². The summed E-state index contributed by atoms with van der Waals surface area (Å²) < 4.78 is 2.21. The van der Waals surface area contributed by atoms with Crippen LogP contribution in [-0.2, 0) is 7.05 Å². The number of aromatic nitrogens is 4. The number of imidazole rings is 1. The average molecular weight is 387 g/mol. The molecular formula is C22H25N7. The predicted octanol–water partition coefficient (Wildman–Crippen LogP) is 4.16. The number of benzene rings is 1. The molecule has 3 aromatic rings. The number of rotatable bonds is 4.